The van der Waals surface area contributed by atoms with Crippen molar-refractivity contribution in [2.75, 3.05) is 40.5 Å². The maximum atomic E-state index is 12.6. The van der Waals surface area contributed by atoms with E-state index in [9.17, 15) is 9.59 Å². The Labute approximate surface area is 147 Å². The van der Waals surface area contributed by atoms with E-state index in [0.29, 0.717) is 19.8 Å². The average Bonchev–Trinajstić information content (AvgIpc) is 2.99. The maximum Gasteiger partial charge on any atom is 0.409 e. The number of amides is 2. The van der Waals surface area contributed by atoms with Gasteiger partial charge in [-0.15, -0.1) is 0 Å². The zero-order chi connectivity index (χ0) is 17.8. The van der Waals surface area contributed by atoms with E-state index in [1.807, 2.05) is 23.1 Å². The molecule has 7 heteroatoms. The number of likely N-dealkylation sites (N-methyl/N-ethyl adjacent to an activating group) is 1. The van der Waals surface area contributed by atoms with Gasteiger partial charge in [-0.25, -0.2) is 4.79 Å². The summed E-state index contributed by atoms with van der Waals surface area (Å²) in [5.74, 6) is 1.41. The van der Waals surface area contributed by atoms with Gasteiger partial charge in [-0.1, -0.05) is 6.07 Å². The highest BCUT2D eigenvalue weighted by Crippen LogP contribution is 2.37. The monoisotopic (exact) mass is 348 g/mol. The topological polar surface area (TPSA) is 68.3 Å². The zero-order valence-corrected chi connectivity index (χ0v) is 14.7. The second-order valence-electron chi connectivity index (χ2n) is 6.33. The summed E-state index contributed by atoms with van der Waals surface area (Å²) < 4.78 is 16.1. The minimum Gasteiger partial charge on any atom is -0.490 e. The molecule has 2 aliphatic heterocycles. The van der Waals surface area contributed by atoms with E-state index < -0.39 is 6.09 Å². The molecule has 2 amide bonds. The maximum absolute atomic E-state index is 12.6. The molecule has 0 bridgehead atoms. The van der Waals surface area contributed by atoms with Gasteiger partial charge in [0.05, 0.1) is 26.4 Å². The Balaban J connectivity index is 1.74. The standard InChI is InChI=1S/C18H24N2O5/c1-19(18(22)23-2)12-17(21)20-8-3-5-14(20)13-6-7-15-16(11-13)25-10-4-9-24-15/h6-7,11,14H,3-5,8-10,12H2,1-2H3/t14-/m1/s1. The summed E-state index contributed by atoms with van der Waals surface area (Å²) in [7, 11) is 2.86. The molecule has 7 nitrogen and oxygen atoms in total. The predicted octanol–water partition coefficient (Wildman–Crippen LogP) is 2.21. The predicted molar refractivity (Wildman–Crippen MR) is 90.8 cm³/mol. The highest BCUT2D eigenvalue weighted by Gasteiger charge is 2.31. The molecule has 1 atom stereocenters. The minimum atomic E-state index is -0.514. The van der Waals surface area contributed by atoms with Gasteiger partial charge in [0, 0.05) is 20.0 Å². The third-order valence-electron chi connectivity index (χ3n) is 4.59. The van der Waals surface area contributed by atoms with Crippen molar-refractivity contribution in [3.05, 3.63) is 23.8 Å². The first-order valence-corrected chi connectivity index (χ1v) is 8.58. The van der Waals surface area contributed by atoms with Crippen LogP contribution in [0.5, 0.6) is 11.5 Å². The van der Waals surface area contributed by atoms with Crippen molar-refractivity contribution in [2.24, 2.45) is 0 Å². The van der Waals surface area contributed by atoms with Crippen LogP contribution in [0, 0.1) is 0 Å². The van der Waals surface area contributed by atoms with Crippen LogP contribution in [0.15, 0.2) is 18.2 Å². The molecule has 1 saturated heterocycles. The van der Waals surface area contributed by atoms with E-state index in [4.69, 9.17) is 9.47 Å². The van der Waals surface area contributed by atoms with Crippen LogP contribution in [-0.2, 0) is 9.53 Å². The van der Waals surface area contributed by atoms with Crippen molar-refractivity contribution >= 4 is 12.0 Å². The van der Waals surface area contributed by atoms with Crippen LogP contribution >= 0.6 is 0 Å². The van der Waals surface area contributed by atoms with Gasteiger partial charge in [-0.3, -0.25) is 4.79 Å². The molecule has 0 N–H and O–H groups in total. The number of hydrogen-bond donors (Lipinski definition) is 0. The van der Waals surface area contributed by atoms with Crippen molar-refractivity contribution in [1.29, 1.82) is 0 Å². The lowest BCUT2D eigenvalue weighted by atomic mass is 10.0. The zero-order valence-electron chi connectivity index (χ0n) is 14.7. The molecule has 3 rings (SSSR count). The number of carbonyl (C=O) groups is 2. The lowest BCUT2D eigenvalue weighted by Gasteiger charge is -2.27. The molecule has 2 heterocycles. The van der Waals surface area contributed by atoms with E-state index in [1.165, 1.54) is 12.0 Å². The normalized spacial score (nSPS) is 19.3. The Hall–Kier alpha value is -2.44. The lowest BCUT2D eigenvalue weighted by molar-refractivity contribution is -0.132. The smallest absolute Gasteiger partial charge is 0.409 e. The minimum absolute atomic E-state index is 0.00398. The SMILES string of the molecule is COC(=O)N(C)CC(=O)N1CCC[C@@H]1c1ccc2c(c1)OCCCO2. The van der Waals surface area contributed by atoms with Crippen LogP contribution in [0.2, 0.25) is 0 Å². The van der Waals surface area contributed by atoms with E-state index in [-0.39, 0.29) is 18.5 Å². The third-order valence-corrected chi connectivity index (χ3v) is 4.59. The van der Waals surface area contributed by atoms with E-state index in [0.717, 1.165) is 36.3 Å². The fourth-order valence-corrected chi connectivity index (χ4v) is 3.31. The van der Waals surface area contributed by atoms with Crippen LogP contribution in [0.1, 0.15) is 30.9 Å². The molecular formula is C18H24N2O5. The Morgan fingerprint density at radius 1 is 1.24 bits per heavy atom. The number of nitrogens with zero attached hydrogens (tertiary/aromatic N) is 2. The molecule has 25 heavy (non-hydrogen) atoms. The molecule has 1 aromatic carbocycles. The summed E-state index contributed by atoms with van der Waals surface area (Å²) in [5.41, 5.74) is 1.04. The van der Waals surface area contributed by atoms with Gasteiger partial charge in [0.25, 0.3) is 0 Å². The fourth-order valence-electron chi connectivity index (χ4n) is 3.31. The van der Waals surface area contributed by atoms with Crippen LogP contribution in [0.3, 0.4) is 0 Å². The van der Waals surface area contributed by atoms with E-state index in [2.05, 4.69) is 4.74 Å². The molecule has 0 aromatic heterocycles. The second-order valence-corrected chi connectivity index (χ2v) is 6.33. The van der Waals surface area contributed by atoms with Gasteiger partial charge in [0.2, 0.25) is 5.91 Å². The van der Waals surface area contributed by atoms with Gasteiger partial charge in [-0.05, 0) is 30.5 Å². The molecule has 0 aliphatic carbocycles. The van der Waals surface area contributed by atoms with E-state index in [1.54, 1.807) is 7.05 Å². The highest BCUT2D eigenvalue weighted by atomic mass is 16.5. The summed E-state index contributed by atoms with van der Waals surface area (Å²) >= 11 is 0. The number of carbonyl (C=O) groups excluding carboxylic acids is 2. The van der Waals surface area contributed by atoms with Crippen molar-refractivity contribution in [2.45, 2.75) is 25.3 Å². The summed E-state index contributed by atoms with van der Waals surface area (Å²) in [5, 5.41) is 0. The van der Waals surface area contributed by atoms with Gasteiger partial charge >= 0.3 is 6.09 Å². The molecule has 2 aliphatic rings. The Morgan fingerprint density at radius 2 is 2.00 bits per heavy atom. The molecule has 0 radical (unpaired) electrons. The molecule has 1 fully saturated rings. The largest absolute Gasteiger partial charge is 0.490 e. The number of benzene rings is 1. The Morgan fingerprint density at radius 3 is 2.76 bits per heavy atom. The number of ether oxygens (including phenoxy) is 3. The second kappa shape index (κ2) is 7.63. The van der Waals surface area contributed by atoms with Gasteiger partial charge in [0.15, 0.2) is 11.5 Å². The summed E-state index contributed by atoms with van der Waals surface area (Å²) in [6.07, 6.45) is 2.18. The number of likely N-dealkylation sites (tertiary alicyclic amines) is 1. The number of fused-ring (bicyclic) bond motifs is 1. The first kappa shape index (κ1) is 17.4. The van der Waals surface area contributed by atoms with Crippen LogP contribution < -0.4 is 9.47 Å². The molecular weight excluding hydrogens is 324 g/mol. The fraction of sp³-hybridized carbons (Fsp3) is 0.556. The number of hydrogen-bond acceptors (Lipinski definition) is 5. The van der Waals surface area contributed by atoms with Gasteiger partial charge in [-0.2, -0.15) is 0 Å². The molecule has 1 aromatic rings. The van der Waals surface area contributed by atoms with Crippen molar-refractivity contribution in [3.8, 4) is 11.5 Å². The van der Waals surface area contributed by atoms with Gasteiger partial charge in [0.1, 0.15) is 6.54 Å². The number of methoxy groups -OCH3 is 1. The highest BCUT2D eigenvalue weighted by molar-refractivity contribution is 5.82. The Kier molecular flexibility index (Phi) is 5.31. The first-order chi connectivity index (χ1) is 12.1. The third kappa shape index (κ3) is 3.81. The molecule has 136 valence electrons. The molecule has 0 unspecified atom stereocenters. The van der Waals surface area contributed by atoms with Crippen molar-refractivity contribution in [1.82, 2.24) is 9.80 Å². The lowest BCUT2D eigenvalue weighted by Crippen LogP contribution is -2.40. The van der Waals surface area contributed by atoms with Crippen molar-refractivity contribution in [3.63, 3.8) is 0 Å². The van der Waals surface area contributed by atoms with E-state index >= 15 is 0 Å². The summed E-state index contributed by atoms with van der Waals surface area (Å²) in [6.45, 7) is 1.98. The van der Waals surface area contributed by atoms with Crippen LogP contribution in [0.4, 0.5) is 4.79 Å². The van der Waals surface area contributed by atoms with Crippen LogP contribution in [0.25, 0.3) is 0 Å². The first-order valence-electron chi connectivity index (χ1n) is 8.58. The quantitative estimate of drug-likeness (QED) is 0.838. The average molecular weight is 348 g/mol. The van der Waals surface area contributed by atoms with Crippen LogP contribution in [-0.4, -0.2) is 62.3 Å². The van der Waals surface area contributed by atoms with Crippen molar-refractivity contribution < 1.29 is 23.8 Å². The Bertz CT molecular complexity index is 648. The molecule has 0 saturated carbocycles. The summed E-state index contributed by atoms with van der Waals surface area (Å²) in [4.78, 5) is 27.2. The number of rotatable bonds is 3. The summed E-state index contributed by atoms with van der Waals surface area (Å²) in [6, 6.07) is 5.88. The van der Waals surface area contributed by atoms with Gasteiger partial charge < -0.3 is 24.0 Å². The molecule has 0 spiro atoms.